The van der Waals surface area contributed by atoms with Gasteiger partial charge in [-0.1, -0.05) is 30.3 Å². The van der Waals surface area contributed by atoms with Crippen molar-refractivity contribution in [2.24, 2.45) is 0 Å². The van der Waals surface area contributed by atoms with E-state index >= 15 is 0 Å². The quantitative estimate of drug-likeness (QED) is 0.693. The number of carbonyl (C=O) groups is 1. The van der Waals surface area contributed by atoms with Crippen molar-refractivity contribution in [1.82, 2.24) is 0 Å². The Balaban J connectivity index is 1.81. The molecule has 0 radical (unpaired) electrons. The van der Waals surface area contributed by atoms with E-state index in [1.54, 1.807) is 12.0 Å². The van der Waals surface area contributed by atoms with Gasteiger partial charge in [-0.25, -0.2) is 0 Å². The van der Waals surface area contributed by atoms with E-state index in [1.165, 1.54) is 0 Å². The number of amides is 1. The molecule has 1 aliphatic rings. The maximum Gasteiger partial charge on any atom is 0.262 e. The number of methoxy groups -OCH3 is 1. The molecule has 0 spiro atoms. The SMILES string of the molecule is CCOc1cccc(N2C(=O)c3ccccc3N[C@H]2c2ccc(OC)cc2)c1. The molecule has 1 heterocycles. The summed E-state index contributed by atoms with van der Waals surface area (Å²) in [6, 6.07) is 22.9. The van der Waals surface area contributed by atoms with Crippen LogP contribution in [0.25, 0.3) is 0 Å². The van der Waals surface area contributed by atoms with Crippen molar-refractivity contribution >= 4 is 17.3 Å². The lowest BCUT2D eigenvalue weighted by Crippen LogP contribution is -2.43. The molecule has 0 fully saturated rings. The van der Waals surface area contributed by atoms with Gasteiger partial charge in [-0.2, -0.15) is 0 Å². The summed E-state index contributed by atoms with van der Waals surface area (Å²) in [6.07, 6.45) is -0.342. The van der Waals surface area contributed by atoms with Crippen molar-refractivity contribution in [3.63, 3.8) is 0 Å². The molecule has 5 heteroatoms. The number of benzene rings is 3. The first kappa shape index (κ1) is 17.9. The zero-order chi connectivity index (χ0) is 19.5. The van der Waals surface area contributed by atoms with Crippen LogP contribution in [0.3, 0.4) is 0 Å². The van der Waals surface area contributed by atoms with Gasteiger partial charge in [0.25, 0.3) is 5.91 Å². The van der Waals surface area contributed by atoms with E-state index < -0.39 is 0 Å². The summed E-state index contributed by atoms with van der Waals surface area (Å²) in [5.74, 6) is 1.46. The van der Waals surface area contributed by atoms with Gasteiger partial charge in [0.1, 0.15) is 17.7 Å². The number of fused-ring (bicyclic) bond motifs is 1. The molecule has 28 heavy (non-hydrogen) atoms. The highest BCUT2D eigenvalue weighted by Gasteiger charge is 2.34. The first-order valence-electron chi connectivity index (χ1n) is 9.27. The molecule has 0 unspecified atom stereocenters. The lowest BCUT2D eigenvalue weighted by Gasteiger charge is -2.38. The first-order valence-corrected chi connectivity index (χ1v) is 9.27. The minimum Gasteiger partial charge on any atom is -0.497 e. The average Bonchev–Trinajstić information content (AvgIpc) is 2.74. The Labute approximate surface area is 164 Å². The van der Waals surface area contributed by atoms with E-state index in [9.17, 15) is 4.79 Å². The van der Waals surface area contributed by atoms with Gasteiger partial charge in [0, 0.05) is 11.8 Å². The Kier molecular flexibility index (Phi) is 4.89. The molecule has 1 N–H and O–H groups in total. The number of nitrogens with one attached hydrogen (secondary N) is 1. The van der Waals surface area contributed by atoms with Crippen LogP contribution in [0.5, 0.6) is 11.5 Å². The summed E-state index contributed by atoms with van der Waals surface area (Å²) >= 11 is 0. The summed E-state index contributed by atoms with van der Waals surface area (Å²) in [5, 5.41) is 3.50. The lowest BCUT2D eigenvalue weighted by atomic mass is 10.0. The highest BCUT2D eigenvalue weighted by Crippen LogP contribution is 2.37. The molecule has 0 bridgehead atoms. The molecule has 142 valence electrons. The Hall–Kier alpha value is -3.47. The maximum absolute atomic E-state index is 13.4. The van der Waals surface area contributed by atoms with E-state index in [0.717, 1.165) is 28.4 Å². The van der Waals surface area contributed by atoms with E-state index in [4.69, 9.17) is 9.47 Å². The van der Waals surface area contributed by atoms with E-state index in [1.807, 2.05) is 79.7 Å². The number of ether oxygens (including phenoxy) is 2. The largest absolute Gasteiger partial charge is 0.497 e. The van der Waals surface area contributed by atoms with Crippen LogP contribution in [-0.2, 0) is 0 Å². The number of rotatable bonds is 5. The molecule has 4 rings (SSSR count). The fourth-order valence-corrected chi connectivity index (χ4v) is 3.43. The number of anilines is 2. The summed E-state index contributed by atoms with van der Waals surface area (Å²) in [4.78, 5) is 15.2. The van der Waals surface area contributed by atoms with Crippen molar-refractivity contribution < 1.29 is 14.3 Å². The molecule has 1 amide bonds. The van der Waals surface area contributed by atoms with E-state index in [-0.39, 0.29) is 12.1 Å². The molecule has 1 atom stereocenters. The van der Waals surface area contributed by atoms with Gasteiger partial charge in [-0.15, -0.1) is 0 Å². The van der Waals surface area contributed by atoms with Crippen molar-refractivity contribution in [1.29, 1.82) is 0 Å². The third kappa shape index (κ3) is 3.27. The molecule has 0 saturated heterocycles. The van der Waals surface area contributed by atoms with Gasteiger partial charge in [0.2, 0.25) is 0 Å². The number of hydrogen-bond donors (Lipinski definition) is 1. The molecule has 0 aromatic heterocycles. The Bertz CT molecular complexity index is 985. The monoisotopic (exact) mass is 374 g/mol. The fraction of sp³-hybridized carbons (Fsp3) is 0.174. The highest BCUT2D eigenvalue weighted by atomic mass is 16.5. The molecule has 1 aliphatic heterocycles. The zero-order valence-electron chi connectivity index (χ0n) is 15.9. The highest BCUT2D eigenvalue weighted by molar-refractivity contribution is 6.12. The molecular formula is C23H22N2O3. The molecule has 3 aromatic carbocycles. The van der Waals surface area contributed by atoms with Gasteiger partial charge in [-0.3, -0.25) is 9.69 Å². The summed E-state index contributed by atoms with van der Waals surface area (Å²) in [7, 11) is 1.64. The molecule has 0 aliphatic carbocycles. The minimum absolute atomic E-state index is 0.0520. The molecule has 3 aromatic rings. The van der Waals surface area contributed by atoms with Crippen LogP contribution < -0.4 is 19.7 Å². The second-order valence-corrected chi connectivity index (χ2v) is 6.47. The second kappa shape index (κ2) is 7.64. The third-order valence-electron chi connectivity index (χ3n) is 4.77. The Morgan fingerprint density at radius 2 is 1.75 bits per heavy atom. The van der Waals surface area contributed by atoms with Crippen molar-refractivity contribution in [3.8, 4) is 11.5 Å². The Morgan fingerprint density at radius 3 is 2.50 bits per heavy atom. The number of para-hydroxylation sites is 1. The zero-order valence-corrected chi connectivity index (χ0v) is 15.9. The number of carbonyl (C=O) groups excluding carboxylic acids is 1. The van der Waals surface area contributed by atoms with Crippen molar-refractivity contribution in [2.45, 2.75) is 13.1 Å². The molecular weight excluding hydrogens is 352 g/mol. The normalized spacial score (nSPS) is 15.6. The summed E-state index contributed by atoms with van der Waals surface area (Å²) in [6.45, 7) is 2.51. The number of nitrogens with zero attached hydrogens (tertiary/aromatic N) is 1. The predicted octanol–water partition coefficient (Wildman–Crippen LogP) is 4.87. The van der Waals surface area contributed by atoms with Gasteiger partial charge in [-0.05, 0) is 48.9 Å². The van der Waals surface area contributed by atoms with Crippen LogP contribution in [0.4, 0.5) is 11.4 Å². The van der Waals surface area contributed by atoms with Crippen molar-refractivity contribution in [2.75, 3.05) is 23.9 Å². The Morgan fingerprint density at radius 1 is 0.964 bits per heavy atom. The number of hydrogen-bond acceptors (Lipinski definition) is 4. The van der Waals surface area contributed by atoms with Gasteiger partial charge < -0.3 is 14.8 Å². The molecule has 5 nitrogen and oxygen atoms in total. The summed E-state index contributed by atoms with van der Waals surface area (Å²) < 4.78 is 10.9. The second-order valence-electron chi connectivity index (χ2n) is 6.47. The van der Waals surface area contributed by atoms with Crippen LogP contribution in [-0.4, -0.2) is 19.6 Å². The van der Waals surface area contributed by atoms with Gasteiger partial charge in [0.05, 0.1) is 25.0 Å². The maximum atomic E-state index is 13.4. The van der Waals surface area contributed by atoms with Crippen molar-refractivity contribution in [3.05, 3.63) is 83.9 Å². The van der Waals surface area contributed by atoms with Gasteiger partial charge >= 0.3 is 0 Å². The average molecular weight is 374 g/mol. The standard InChI is InChI=1S/C23H22N2O3/c1-3-28-19-8-6-7-17(15-19)25-22(16-11-13-18(27-2)14-12-16)24-21-10-5-4-9-20(21)23(25)26/h4-15,22,24H,3H2,1-2H3/t22-/m1/s1. The van der Waals surface area contributed by atoms with Crippen LogP contribution in [0.15, 0.2) is 72.8 Å². The van der Waals surface area contributed by atoms with Gasteiger partial charge in [0.15, 0.2) is 0 Å². The van der Waals surface area contributed by atoms with Crippen LogP contribution >= 0.6 is 0 Å². The fourth-order valence-electron chi connectivity index (χ4n) is 3.43. The van der Waals surface area contributed by atoms with Crippen LogP contribution in [0, 0.1) is 0 Å². The topological polar surface area (TPSA) is 50.8 Å². The smallest absolute Gasteiger partial charge is 0.262 e. The third-order valence-corrected chi connectivity index (χ3v) is 4.77. The first-order chi connectivity index (χ1) is 13.7. The van der Waals surface area contributed by atoms with E-state index in [2.05, 4.69) is 5.32 Å². The van der Waals surface area contributed by atoms with Crippen LogP contribution in [0.1, 0.15) is 29.0 Å². The molecule has 0 saturated carbocycles. The summed E-state index contributed by atoms with van der Waals surface area (Å²) in [5.41, 5.74) is 3.21. The van der Waals surface area contributed by atoms with E-state index in [0.29, 0.717) is 12.2 Å². The minimum atomic E-state index is -0.342. The predicted molar refractivity (Wildman–Crippen MR) is 110 cm³/mol. The van der Waals surface area contributed by atoms with Crippen LogP contribution in [0.2, 0.25) is 0 Å². The lowest BCUT2D eigenvalue weighted by molar-refractivity contribution is 0.0975.